The van der Waals surface area contributed by atoms with Crippen molar-refractivity contribution in [3.05, 3.63) is 0 Å². The maximum Gasteiger partial charge on any atom is 0.110 e. The molecule has 0 heterocycles. The maximum atomic E-state index is 9.69. The van der Waals surface area contributed by atoms with Gasteiger partial charge in [0, 0.05) is 7.11 Å². The molecule has 0 rings (SSSR count). The highest BCUT2D eigenvalue weighted by Crippen LogP contribution is 1.60. The van der Waals surface area contributed by atoms with Gasteiger partial charge in [-0.3, -0.25) is 5.73 Å². The van der Waals surface area contributed by atoms with Crippen LogP contribution in [0.4, 0.5) is 0 Å². The predicted molar refractivity (Wildman–Crippen MR) is 29.2 cm³/mol. The standard InChI is InChI=1S/C3H7NO2S/c1-6-2-3(4)7-5/h2,4H2,1H3. The van der Waals surface area contributed by atoms with Crippen molar-refractivity contribution in [2.75, 3.05) is 13.7 Å². The van der Waals surface area contributed by atoms with Crippen molar-refractivity contribution >= 4 is 16.2 Å². The van der Waals surface area contributed by atoms with E-state index < -0.39 is 0 Å². The van der Waals surface area contributed by atoms with E-state index in [1.54, 1.807) is 0 Å². The fraction of sp³-hybridized carbons (Fsp3) is 0.667. The summed E-state index contributed by atoms with van der Waals surface area (Å²) in [4.78, 5) is 0.266. The summed E-state index contributed by atoms with van der Waals surface area (Å²) >= 11 is 0.269. The minimum atomic E-state index is 0.244. The molecule has 0 aromatic heterocycles. The van der Waals surface area contributed by atoms with E-state index in [2.05, 4.69) is 4.74 Å². The van der Waals surface area contributed by atoms with Crippen molar-refractivity contribution in [3.63, 3.8) is 0 Å². The van der Waals surface area contributed by atoms with E-state index in [0.717, 1.165) is 0 Å². The van der Waals surface area contributed by atoms with Crippen molar-refractivity contribution < 1.29 is 8.95 Å². The lowest BCUT2D eigenvalue weighted by Gasteiger charge is -1.88. The number of ether oxygens (including phenoxy) is 1. The van der Waals surface area contributed by atoms with Crippen LogP contribution in [0.2, 0.25) is 0 Å². The second kappa shape index (κ2) is 3.98. The van der Waals surface area contributed by atoms with Gasteiger partial charge in [0.25, 0.3) is 0 Å². The molecule has 0 fully saturated rings. The molecule has 0 aliphatic heterocycles. The lowest BCUT2D eigenvalue weighted by molar-refractivity contribution is 0.246. The first-order chi connectivity index (χ1) is 3.31. The highest BCUT2D eigenvalue weighted by Gasteiger charge is 1.82. The van der Waals surface area contributed by atoms with Gasteiger partial charge in [0.05, 0.1) is 6.61 Å². The van der Waals surface area contributed by atoms with Gasteiger partial charge in [-0.25, -0.2) is 4.21 Å². The molecule has 2 N–H and O–H groups in total. The van der Waals surface area contributed by atoms with E-state index in [1.165, 1.54) is 7.11 Å². The second-order valence-electron chi connectivity index (χ2n) is 0.983. The third kappa shape index (κ3) is 3.65. The largest absolute Gasteiger partial charge is 0.378 e. The van der Waals surface area contributed by atoms with E-state index in [1.807, 2.05) is 0 Å². The Labute approximate surface area is 45.5 Å². The van der Waals surface area contributed by atoms with E-state index in [0.29, 0.717) is 0 Å². The lowest BCUT2D eigenvalue weighted by Crippen LogP contribution is -2.16. The molecule has 0 aromatic carbocycles. The Morgan fingerprint density at radius 2 is 2.57 bits per heavy atom. The molecule has 0 radical (unpaired) electrons. The zero-order chi connectivity index (χ0) is 5.70. The van der Waals surface area contributed by atoms with Crippen LogP contribution in [0.25, 0.3) is 0 Å². The summed E-state index contributed by atoms with van der Waals surface area (Å²) in [6.45, 7) is 0.244. The minimum Gasteiger partial charge on any atom is -0.378 e. The molecule has 3 nitrogen and oxygen atoms in total. The second-order valence-corrected chi connectivity index (χ2v) is 1.67. The van der Waals surface area contributed by atoms with Crippen molar-refractivity contribution in [2.45, 2.75) is 0 Å². The summed E-state index contributed by atoms with van der Waals surface area (Å²) in [5, 5.41) is 0. The van der Waals surface area contributed by atoms with Gasteiger partial charge in [-0.05, 0) is 0 Å². The van der Waals surface area contributed by atoms with Gasteiger partial charge in [-0.2, -0.15) is 0 Å². The zero-order valence-electron chi connectivity index (χ0n) is 4.01. The van der Waals surface area contributed by atoms with E-state index in [4.69, 9.17) is 5.73 Å². The smallest absolute Gasteiger partial charge is 0.110 e. The summed E-state index contributed by atoms with van der Waals surface area (Å²) < 4.78 is 14.2. The zero-order valence-corrected chi connectivity index (χ0v) is 4.83. The summed E-state index contributed by atoms with van der Waals surface area (Å²) in [5.74, 6) is 0. The molecular weight excluding hydrogens is 114 g/mol. The van der Waals surface area contributed by atoms with Crippen LogP contribution < -0.4 is 5.73 Å². The Kier molecular flexibility index (Phi) is 3.87. The van der Waals surface area contributed by atoms with Crippen LogP contribution in [-0.2, 0) is 16.0 Å². The Hall–Kier alpha value is -0.190. The van der Waals surface area contributed by atoms with Gasteiger partial charge in [0.2, 0.25) is 0 Å². The molecule has 0 aliphatic carbocycles. The van der Waals surface area contributed by atoms with Crippen LogP contribution in [0.15, 0.2) is 0 Å². The van der Waals surface area contributed by atoms with Crippen LogP contribution in [-0.4, -0.2) is 22.9 Å². The van der Waals surface area contributed by atoms with Crippen LogP contribution >= 0.6 is 0 Å². The van der Waals surface area contributed by atoms with Gasteiger partial charge in [0.15, 0.2) is 0 Å². The summed E-state index contributed by atoms with van der Waals surface area (Å²) in [7, 11) is 1.49. The highest BCUT2D eigenvalue weighted by molar-refractivity contribution is 7.66. The van der Waals surface area contributed by atoms with Crippen molar-refractivity contribution in [2.24, 2.45) is 5.73 Å². The monoisotopic (exact) mass is 121 g/mol. The molecule has 0 spiro atoms. The first-order valence-corrected chi connectivity index (χ1v) is 2.45. The topological polar surface area (TPSA) is 52.3 Å². The van der Waals surface area contributed by atoms with E-state index in [9.17, 15) is 4.21 Å². The van der Waals surface area contributed by atoms with E-state index in [-0.39, 0.29) is 22.9 Å². The molecule has 0 aromatic rings. The van der Waals surface area contributed by atoms with Gasteiger partial charge in [-0.1, -0.05) is 0 Å². The SMILES string of the molecule is COCC(N)=S=O. The Bertz CT molecular complexity index is 97.1. The molecule has 0 aliphatic rings. The Morgan fingerprint density at radius 1 is 2.00 bits per heavy atom. The number of hydrogen-bond acceptors (Lipinski definition) is 2. The Balaban J connectivity index is 3.37. The number of nitrogens with two attached hydrogens (primary N) is 1. The molecule has 0 bridgehead atoms. The van der Waals surface area contributed by atoms with Crippen LogP contribution in [0.1, 0.15) is 0 Å². The maximum absolute atomic E-state index is 9.69. The summed E-state index contributed by atoms with van der Waals surface area (Å²) in [6, 6.07) is 0. The minimum absolute atomic E-state index is 0.244. The van der Waals surface area contributed by atoms with Crippen molar-refractivity contribution in [3.8, 4) is 0 Å². The quantitative estimate of drug-likeness (QED) is 0.473. The fourth-order valence-electron chi connectivity index (χ4n) is 0.166. The average Bonchev–Trinajstić information content (AvgIpc) is 1.68. The van der Waals surface area contributed by atoms with Gasteiger partial charge in [0.1, 0.15) is 16.2 Å². The number of rotatable bonds is 2. The molecule has 0 amide bonds. The summed E-state index contributed by atoms with van der Waals surface area (Å²) in [6.07, 6.45) is 0. The van der Waals surface area contributed by atoms with Crippen molar-refractivity contribution in [1.29, 1.82) is 0 Å². The predicted octanol–water partition coefficient (Wildman–Crippen LogP) is -1.07. The average molecular weight is 121 g/mol. The fourth-order valence-corrected chi connectivity index (χ4v) is 0.332. The van der Waals surface area contributed by atoms with Crippen LogP contribution in [0, 0.1) is 0 Å². The first kappa shape index (κ1) is 6.81. The molecular formula is C3H7NO2S. The van der Waals surface area contributed by atoms with Gasteiger partial charge >= 0.3 is 0 Å². The molecule has 0 saturated carbocycles. The molecule has 0 atom stereocenters. The first-order valence-electron chi connectivity index (χ1n) is 1.71. The molecule has 42 valence electrons. The Morgan fingerprint density at radius 3 is 2.71 bits per heavy atom. The third-order valence-electron chi connectivity index (χ3n) is 0.394. The molecule has 7 heavy (non-hydrogen) atoms. The summed E-state index contributed by atoms with van der Waals surface area (Å²) in [5.41, 5.74) is 5.03. The van der Waals surface area contributed by atoms with Crippen LogP contribution in [0.3, 0.4) is 0 Å². The van der Waals surface area contributed by atoms with Crippen molar-refractivity contribution in [1.82, 2.24) is 0 Å². The number of hydrogen-bond donors (Lipinski definition) is 1. The van der Waals surface area contributed by atoms with Gasteiger partial charge in [-0.15, -0.1) is 0 Å². The highest BCUT2D eigenvalue weighted by atomic mass is 32.1. The molecule has 0 saturated heterocycles. The lowest BCUT2D eigenvalue weighted by atomic mass is 10.7. The van der Waals surface area contributed by atoms with E-state index >= 15 is 0 Å². The van der Waals surface area contributed by atoms with Crippen LogP contribution in [0.5, 0.6) is 0 Å². The van der Waals surface area contributed by atoms with Gasteiger partial charge < -0.3 is 4.74 Å². The molecule has 0 unspecified atom stereocenters. The normalized spacial score (nSPS) is 8.29. The number of methoxy groups -OCH3 is 1. The molecule has 4 heteroatoms. The third-order valence-corrected chi connectivity index (χ3v) is 0.726.